The molecule has 0 radical (unpaired) electrons. The van der Waals surface area contributed by atoms with Crippen LogP contribution < -0.4 is 11.1 Å². The molecule has 0 aliphatic rings. The number of nitrogen functional groups attached to an aromatic ring is 1. The van der Waals surface area contributed by atoms with Crippen LogP contribution in [0.4, 0.5) is 16.2 Å². The van der Waals surface area contributed by atoms with Gasteiger partial charge >= 0.3 is 6.09 Å². The summed E-state index contributed by atoms with van der Waals surface area (Å²) in [6.45, 7) is 0. The molecule has 4 N–H and O–H groups in total. The van der Waals surface area contributed by atoms with Gasteiger partial charge in [0.2, 0.25) is 0 Å². The highest BCUT2D eigenvalue weighted by atomic mass is 16.4. The van der Waals surface area contributed by atoms with Gasteiger partial charge in [-0.25, -0.2) is 4.79 Å². The van der Waals surface area contributed by atoms with Crippen LogP contribution in [0.2, 0.25) is 0 Å². The maximum Gasteiger partial charge on any atom is 0.409 e. The molecule has 86 valence electrons. The van der Waals surface area contributed by atoms with Crippen LogP contribution in [-0.2, 0) is 0 Å². The monoisotopic (exact) mass is 228 g/mol. The topological polar surface area (TPSA) is 75.3 Å². The van der Waals surface area contributed by atoms with Crippen molar-refractivity contribution in [3.8, 4) is 11.1 Å². The number of carboxylic acid groups (broad SMARTS) is 1. The van der Waals surface area contributed by atoms with Crippen LogP contribution in [0.15, 0.2) is 48.5 Å². The molecule has 0 saturated carbocycles. The Kier molecular flexibility index (Phi) is 2.96. The van der Waals surface area contributed by atoms with E-state index in [-0.39, 0.29) is 0 Å². The van der Waals surface area contributed by atoms with Crippen LogP contribution in [0.5, 0.6) is 0 Å². The van der Waals surface area contributed by atoms with Crippen molar-refractivity contribution in [1.82, 2.24) is 0 Å². The molecule has 2 aromatic rings. The molecule has 2 aromatic carbocycles. The Bertz CT molecular complexity index is 538. The van der Waals surface area contributed by atoms with E-state index >= 15 is 0 Å². The molecule has 0 aliphatic carbocycles. The summed E-state index contributed by atoms with van der Waals surface area (Å²) < 4.78 is 0. The first-order valence-electron chi connectivity index (χ1n) is 5.12. The normalized spacial score (nSPS) is 9.88. The number of benzene rings is 2. The van der Waals surface area contributed by atoms with E-state index in [4.69, 9.17) is 10.8 Å². The molecular weight excluding hydrogens is 216 g/mol. The third-order valence-electron chi connectivity index (χ3n) is 2.40. The van der Waals surface area contributed by atoms with Crippen molar-refractivity contribution >= 4 is 17.5 Å². The quantitative estimate of drug-likeness (QED) is 0.691. The van der Waals surface area contributed by atoms with E-state index in [1.54, 1.807) is 12.1 Å². The second-order valence-electron chi connectivity index (χ2n) is 3.60. The molecule has 4 nitrogen and oxygen atoms in total. The zero-order valence-electron chi connectivity index (χ0n) is 9.05. The smallest absolute Gasteiger partial charge is 0.409 e. The predicted octanol–water partition coefficient (Wildman–Crippen LogP) is 3.03. The lowest BCUT2D eigenvalue weighted by molar-refractivity contribution is 0.210. The Balaban J connectivity index is 2.34. The van der Waals surface area contributed by atoms with Crippen molar-refractivity contribution in [2.24, 2.45) is 0 Å². The lowest BCUT2D eigenvalue weighted by Crippen LogP contribution is -2.09. The Labute approximate surface area is 98.7 Å². The van der Waals surface area contributed by atoms with Gasteiger partial charge in [-0.05, 0) is 23.3 Å². The van der Waals surface area contributed by atoms with Crippen LogP contribution in [0.25, 0.3) is 11.1 Å². The van der Waals surface area contributed by atoms with E-state index in [1.165, 1.54) is 0 Å². The van der Waals surface area contributed by atoms with Crippen molar-refractivity contribution in [3.05, 3.63) is 48.5 Å². The Morgan fingerprint density at radius 2 is 1.76 bits per heavy atom. The van der Waals surface area contributed by atoms with Gasteiger partial charge < -0.3 is 10.8 Å². The summed E-state index contributed by atoms with van der Waals surface area (Å²) in [5, 5.41) is 10.9. The third-order valence-corrected chi connectivity index (χ3v) is 2.40. The molecule has 0 spiro atoms. The minimum atomic E-state index is -1.12. The number of nitrogens with one attached hydrogen (secondary N) is 1. The summed E-state index contributed by atoms with van der Waals surface area (Å²) in [5.74, 6) is 0. The van der Waals surface area contributed by atoms with Gasteiger partial charge in [0.05, 0.1) is 11.4 Å². The molecule has 2 rings (SSSR count). The van der Waals surface area contributed by atoms with Crippen LogP contribution in [0.3, 0.4) is 0 Å². The predicted molar refractivity (Wildman–Crippen MR) is 67.9 cm³/mol. The largest absolute Gasteiger partial charge is 0.465 e. The van der Waals surface area contributed by atoms with Crippen molar-refractivity contribution in [2.75, 3.05) is 11.1 Å². The number of rotatable bonds is 2. The van der Waals surface area contributed by atoms with Gasteiger partial charge in [-0.15, -0.1) is 0 Å². The number of hydrogen-bond donors (Lipinski definition) is 3. The zero-order valence-corrected chi connectivity index (χ0v) is 9.05. The van der Waals surface area contributed by atoms with Gasteiger partial charge in [0.25, 0.3) is 0 Å². The van der Waals surface area contributed by atoms with E-state index in [0.29, 0.717) is 11.4 Å². The molecule has 0 bridgehead atoms. The fraction of sp³-hybridized carbons (Fsp3) is 0. The van der Waals surface area contributed by atoms with Crippen LogP contribution in [0.1, 0.15) is 0 Å². The van der Waals surface area contributed by atoms with Crippen molar-refractivity contribution in [1.29, 1.82) is 0 Å². The molecule has 0 saturated heterocycles. The number of amides is 1. The van der Waals surface area contributed by atoms with Gasteiger partial charge in [0.1, 0.15) is 0 Å². The fourth-order valence-electron chi connectivity index (χ4n) is 1.60. The van der Waals surface area contributed by atoms with Gasteiger partial charge in [0, 0.05) is 0 Å². The summed E-state index contributed by atoms with van der Waals surface area (Å²) in [7, 11) is 0. The average Bonchev–Trinajstić information content (AvgIpc) is 2.32. The summed E-state index contributed by atoms with van der Waals surface area (Å²) >= 11 is 0. The molecule has 0 heterocycles. The van der Waals surface area contributed by atoms with Crippen LogP contribution in [0, 0.1) is 0 Å². The lowest BCUT2D eigenvalue weighted by Gasteiger charge is -2.08. The second kappa shape index (κ2) is 4.57. The van der Waals surface area contributed by atoms with Crippen molar-refractivity contribution in [2.45, 2.75) is 0 Å². The molecule has 4 heteroatoms. The SMILES string of the molecule is Nc1cc(-c2ccccc2)ccc1NC(=O)O. The van der Waals surface area contributed by atoms with E-state index in [1.807, 2.05) is 36.4 Å². The fourth-order valence-corrected chi connectivity index (χ4v) is 1.60. The van der Waals surface area contributed by atoms with Crippen molar-refractivity contribution in [3.63, 3.8) is 0 Å². The average molecular weight is 228 g/mol. The van der Waals surface area contributed by atoms with Gasteiger partial charge in [-0.2, -0.15) is 0 Å². The molecule has 0 aromatic heterocycles. The summed E-state index contributed by atoms with van der Waals surface area (Å²) in [6, 6.07) is 15.0. The minimum absolute atomic E-state index is 0.400. The number of hydrogen-bond acceptors (Lipinski definition) is 2. The number of anilines is 2. The Morgan fingerprint density at radius 3 is 2.35 bits per heavy atom. The molecule has 0 fully saturated rings. The van der Waals surface area contributed by atoms with Crippen LogP contribution >= 0.6 is 0 Å². The first kappa shape index (κ1) is 11.0. The van der Waals surface area contributed by atoms with Gasteiger partial charge in [-0.3, -0.25) is 5.32 Å². The molecule has 0 unspecified atom stereocenters. The van der Waals surface area contributed by atoms with E-state index in [9.17, 15) is 4.79 Å². The maximum absolute atomic E-state index is 10.5. The minimum Gasteiger partial charge on any atom is -0.465 e. The molecule has 0 atom stereocenters. The molecule has 0 aliphatic heterocycles. The zero-order chi connectivity index (χ0) is 12.3. The summed E-state index contributed by atoms with van der Waals surface area (Å²) in [4.78, 5) is 10.5. The first-order chi connectivity index (χ1) is 8.16. The van der Waals surface area contributed by atoms with Crippen molar-refractivity contribution < 1.29 is 9.90 Å². The second-order valence-corrected chi connectivity index (χ2v) is 3.60. The maximum atomic E-state index is 10.5. The van der Waals surface area contributed by atoms with Crippen LogP contribution in [-0.4, -0.2) is 11.2 Å². The Morgan fingerprint density at radius 1 is 1.06 bits per heavy atom. The van der Waals surface area contributed by atoms with Gasteiger partial charge in [-0.1, -0.05) is 36.4 Å². The first-order valence-corrected chi connectivity index (χ1v) is 5.12. The van der Waals surface area contributed by atoms with Gasteiger partial charge in [0.15, 0.2) is 0 Å². The molecule has 17 heavy (non-hydrogen) atoms. The van der Waals surface area contributed by atoms with E-state index < -0.39 is 6.09 Å². The number of nitrogens with two attached hydrogens (primary N) is 1. The third kappa shape index (κ3) is 2.55. The van der Waals surface area contributed by atoms with E-state index in [0.717, 1.165) is 11.1 Å². The standard InChI is InChI=1S/C13H12N2O2/c14-11-8-10(9-4-2-1-3-5-9)6-7-12(11)15-13(16)17/h1-8,15H,14H2,(H,16,17). The lowest BCUT2D eigenvalue weighted by atomic mass is 10.0. The highest BCUT2D eigenvalue weighted by molar-refractivity contribution is 5.89. The van der Waals surface area contributed by atoms with E-state index in [2.05, 4.69) is 5.32 Å². The highest BCUT2D eigenvalue weighted by Gasteiger charge is 2.04. The Hall–Kier alpha value is -2.49. The summed E-state index contributed by atoms with van der Waals surface area (Å²) in [5.41, 5.74) is 8.59. The molecule has 1 amide bonds. The molecular formula is C13H12N2O2. The highest BCUT2D eigenvalue weighted by Crippen LogP contribution is 2.26. The number of carbonyl (C=O) groups is 1. The summed E-state index contributed by atoms with van der Waals surface area (Å²) in [6.07, 6.45) is -1.12.